The van der Waals surface area contributed by atoms with Gasteiger partial charge in [-0.25, -0.2) is 4.79 Å². The van der Waals surface area contributed by atoms with E-state index < -0.39 is 15.5 Å². The molecule has 0 aliphatic carbocycles. The summed E-state index contributed by atoms with van der Waals surface area (Å²) in [6.07, 6.45) is 1.76. The zero-order chi connectivity index (χ0) is 43.0. The molecule has 0 spiro atoms. The molecular weight excluding hydrogens is 805 g/mol. The van der Waals surface area contributed by atoms with E-state index in [9.17, 15) is 14.4 Å². The van der Waals surface area contributed by atoms with Crippen molar-refractivity contribution in [1.82, 2.24) is 0 Å². The van der Waals surface area contributed by atoms with Crippen LogP contribution in [0.5, 0.6) is 0 Å². The number of esters is 1. The Morgan fingerprint density at radius 3 is 0.968 bits per heavy atom. The Kier molecular flexibility index (Phi) is 15.1. The number of benzene rings is 7. The first-order chi connectivity index (χ1) is 30.4. The van der Waals surface area contributed by atoms with Crippen LogP contribution in [0.25, 0.3) is 0 Å². The summed E-state index contributed by atoms with van der Waals surface area (Å²) < 4.78 is 4.07. The van der Waals surface area contributed by atoms with Crippen molar-refractivity contribution in [1.29, 1.82) is 0 Å². The Bertz CT molecular complexity index is 2150. The van der Waals surface area contributed by atoms with Crippen molar-refractivity contribution in [3.05, 3.63) is 239 Å². The molecule has 0 heterocycles. The Morgan fingerprint density at radius 1 is 0.435 bits per heavy atom. The minimum absolute atomic E-state index is 0.189. The highest BCUT2D eigenvalue weighted by Gasteiger charge is 2.38. The van der Waals surface area contributed by atoms with Gasteiger partial charge < -0.3 is 15.4 Å². The second-order valence-electron chi connectivity index (χ2n) is 14.8. The minimum atomic E-state index is -0.567. The SMILES string of the molecule is COC(=O)c1cc(NC(=O)CCCSC(c2ccccc2)(c2ccccc2)c2ccccc2)cc(NC(=O)CCCSC(c2ccccc2)(c2ccccc2)c2ccccc2)c1. The van der Waals surface area contributed by atoms with Gasteiger partial charge in [0.2, 0.25) is 11.8 Å². The van der Waals surface area contributed by atoms with E-state index in [0.717, 1.165) is 0 Å². The van der Waals surface area contributed by atoms with Gasteiger partial charge in [0.25, 0.3) is 0 Å². The maximum Gasteiger partial charge on any atom is 0.337 e. The lowest BCUT2D eigenvalue weighted by molar-refractivity contribution is -0.117. The van der Waals surface area contributed by atoms with Crippen molar-refractivity contribution in [2.24, 2.45) is 0 Å². The molecule has 6 nitrogen and oxygen atoms in total. The molecular formula is C54H50N2O4S2. The van der Waals surface area contributed by atoms with E-state index >= 15 is 0 Å². The number of thioether (sulfide) groups is 2. The molecule has 0 bridgehead atoms. The molecule has 0 aromatic heterocycles. The van der Waals surface area contributed by atoms with Gasteiger partial charge in [0.15, 0.2) is 0 Å². The summed E-state index contributed by atoms with van der Waals surface area (Å²) in [6, 6.07) is 67.8. The van der Waals surface area contributed by atoms with Crippen molar-refractivity contribution >= 4 is 52.7 Å². The summed E-state index contributed by atoms with van der Waals surface area (Å²) in [5.41, 5.74) is 8.03. The van der Waals surface area contributed by atoms with Crippen LogP contribution in [-0.2, 0) is 23.8 Å². The lowest BCUT2D eigenvalue weighted by Crippen LogP contribution is -2.26. The lowest BCUT2D eigenvalue weighted by atomic mass is 9.84. The molecule has 7 rings (SSSR count). The van der Waals surface area contributed by atoms with Crippen LogP contribution < -0.4 is 10.6 Å². The number of hydrogen-bond acceptors (Lipinski definition) is 6. The first-order valence-electron chi connectivity index (χ1n) is 20.9. The molecule has 0 atom stereocenters. The highest BCUT2D eigenvalue weighted by atomic mass is 32.2. The van der Waals surface area contributed by atoms with Crippen LogP contribution in [0, 0.1) is 0 Å². The average molecular weight is 855 g/mol. The summed E-state index contributed by atoms with van der Waals surface area (Å²) in [5.74, 6) is 0.465. The summed E-state index contributed by atoms with van der Waals surface area (Å²) in [7, 11) is 1.31. The first-order valence-corrected chi connectivity index (χ1v) is 22.8. The van der Waals surface area contributed by atoms with Crippen molar-refractivity contribution in [3.63, 3.8) is 0 Å². The largest absolute Gasteiger partial charge is 0.465 e. The van der Waals surface area contributed by atoms with Gasteiger partial charge in [0.1, 0.15) is 0 Å². The Balaban J connectivity index is 1.00. The van der Waals surface area contributed by atoms with Crippen LogP contribution in [0.15, 0.2) is 200 Å². The number of methoxy groups -OCH3 is 1. The first kappa shape index (κ1) is 43.7. The van der Waals surface area contributed by atoms with Crippen LogP contribution in [0.1, 0.15) is 69.4 Å². The zero-order valence-electron chi connectivity index (χ0n) is 34.7. The van der Waals surface area contributed by atoms with Gasteiger partial charge in [-0.05, 0) is 75.9 Å². The fourth-order valence-corrected chi connectivity index (χ4v) is 10.9. The molecule has 8 heteroatoms. The molecule has 2 amide bonds. The van der Waals surface area contributed by atoms with Crippen LogP contribution in [0.3, 0.4) is 0 Å². The maximum atomic E-state index is 13.5. The summed E-state index contributed by atoms with van der Waals surface area (Å²) in [6.45, 7) is 0. The highest BCUT2D eigenvalue weighted by Crippen LogP contribution is 2.50. The van der Waals surface area contributed by atoms with Crippen molar-refractivity contribution in [2.75, 3.05) is 29.2 Å². The topological polar surface area (TPSA) is 84.5 Å². The predicted molar refractivity (Wildman–Crippen MR) is 257 cm³/mol. The molecule has 0 saturated carbocycles. The van der Waals surface area contributed by atoms with E-state index in [2.05, 4.69) is 156 Å². The molecule has 7 aromatic carbocycles. The van der Waals surface area contributed by atoms with Gasteiger partial charge in [-0.3, -0.25) is 9.59 Å². The van der Waals surface area contributed by atoms with Crippen molar-refractivity contribution in [2.45, 2.75) is 35.2 Å². The van der Waals surface area contributed by atoms with Crippen molar-refractivity contribution in [3.8, 4) is 0 Å². The second kappa shape index (κ2) is 21.4. The van der Waals surface area contributed by atoms with Crippen LogP contribution in [0.4, 0.5) is 11.4 Å². The van der Waals surface area contributed by atoms with Crippen LogP contribution in [0.2, 0.25) is 0 Å². The third kappa shape index (κ3) is 10.4. The van der Waals surface area contributed by atoms with E-state index in [1.165, 1.54) is 40.5 Å². The molecule has 62 heavy (non-hydrogen) atoms. The number of ether oxygens (including phenoxy) is 1. The number of amides is 2. The third-order valence-electron chi connectivity index (χ3n) is 10.7. The minimum Gasteiger partial charge on any atom is -0.465 e. The molecule has 0 saturated heterocycles. The van der Waals surface area contributed by atoms with Gasteiger partial charge in [-0.2, -0.15) is 0 Å². The number of nitrogens with one attached hydrogen (secondary N) is 2. The number of carbonyl (C=O) groups is 3. The Labute approximate surface area is 373 Å². The summed E-state index contributed by atoms with van der Waals surface area (Å²) in [5, 5.41) is 5.95. The smallest absolute Gasteiger partial charge is 0.337 e. The molecule has 0 unspecified atom stereocenters. The van der Waals surface area contributed by atoms with Gasteiger partial charge in [-0.15, -0.1) is 23.5 Å². The van der Waals surface area contributed by atoms with Gasteiger partial charge in [0, 0.05) is 24.2 Å². The number of rotatable bonds is 19. The Morgan fingerprint density at radius 2 is 0.710 bits per heavy atom. The summed E-state index contributed by atoms with van der Waals surface area (Å²) in [4.78, 5) is 39.7. The van der Waals surface area contributed by atoms with E-state index in [4.69, 9.17) is 4.74 Å². The molecule has 312 valence electrons. The zero-order valence-corrected chi connectivity index (χ0v) is 36.4. The quantitative estimate of drug-likeness (QED) is 0.0479. The van der Waals surface area contributed by atoms with E-state index in [1.807, 2.05) is 59.9 Å². The monoisotopic (exact) mass is 854 g/mol. The normalized spacial score (nSPS) is 11.4. The number of carbonyl (C=O) groups excluding carboxylic acids is 3. The molecule has 0 aliphatic heterocycles. The second-order valence-corrected chi connectivity index (χ2v) is 17.5. The van der Waals surface area contributed by atoms with E-state index in [1.54, 1.807) is 18.2 Å². The molecule has 7 aromatic rings. The van der Waals surface area contributed by atoms with Gasteiger partial charge >= 0.3 is 5.97 Å². The van der Waals surface area contributed by atoms with E-state index in [0.29, 0.717) is 35.7 Å². The standard InChI is InChI=1S/C54H50N2O4S2/c1-60-52(59)41-38-48(55-50(57)34-20-36-61-53(42-22-8-2-9-23-42,43-24-10-3-11-25-43)44-26-12-4-13-27-44)40-49(39-41)56-51(58)35-21-37-62-54(45-28-14-5-15-29-45,46-30-16-6-17-31-46)47-32-18-7-19-33-47/h2-19,22-33,38-40H,20-21,34-37H2,1H3,(H,55,57)(H,56,58). The fourth-order valence-electron chi connectivity index (χ4n) is 7.91. The Hall–Kier alpha value is -6.35. The summed E-state index contributed by atoms with van der Waals surface area (Å²) >= 11 is 3.62. The van der Waals surface area contributed by atoms with Crippen LogP contribution >= 0.6 is 23.5 Å². The number of anilines is 2. The van der Waals surface area contributed by atoms with Gasteiger partial charge in [-0.1, -0.05) is 182 Å². The molecule has 0 aliphatic rings. The van der Waals surface area contributed by atoms with E-state index in [-0.39, 0.29) is 30.2 Å². The number of hydrogen-bond donors (Lipinski definition) is 2. The fraction of sp³-hybridized carbons (Fsp3) is 0.167. The van der Waals surface area contributed by atoms with Gasteiger partial charge in [0.05, 0.1) is 22.2 Å². The third-order valence-corrected chi connectivity index (χ3v) is 14.0. The maximum absolute atomic E-state index is 13.5. The van der Waals surface area contributed by atoms with Crippen LogP contribution in [-0.4, -0.2) is 36.4 Å². The average Bonchev–Trinajstić information content (AvgIpc) is 3.33. The molecule has 2 N–H and O–H groups in total. The lowest BCUT2D eigenvalue weighted by Gasteiger charge is -2.35. The van der Waals surface area contributed by atoms with Crippen molar-refractivity contribution < 1.29 is 19.1 Å². The highest BCUT2D eigenvalue weighted by molar-refractivity contribution is 8.00. The predicted octanol–water partition coefficient (Wildman–Crippen LogP) is 12.4. The molecule has 0 radical (unpaired) electrons. The molecule has 0 fully saturated rings.